The molecule has 1 fully saturated rings. The molecule has 0 aromatic carbocycles. The molecule has 1 saturated heterocycles. The molecule has 0 amide bonds. The molecule has 0 unspecified atom stereocenters. The van der Waals surface area contributed by atoms with Crippen molar-refractivity contribution in [2.24, 2.45) is 11.7 Å². The average molecular weight is 318 g/mol. The molecule has 0 atom stereocenters. The third kappa shape index (κ3) is 3.07. The zero-order chi connectivity index (χ0) is 14.8. The highest BCUT2D eigenvalue weighted by atomic mass is 32.2. The Morgan fingerprint density at radius 3 is 2.65 bits per heavy atom. The van der Waals surface area contributed by atoms with Crippen molar-refractivity contribution in [3.8, 4) is 0 Å². The molecule has 1 aliphatic rings. The summed E-state index contributed by atoms with van der Waals surface area (Å²) in [4.78, 5) is 1.18. The predicted molar refractivity (Wildman–Crippen MR) is 80.3 cm³/mol. The maximum absolute atomic E-state index is 12.8. The minimum atomic E-state index is -3.41. The van der Waals surface area contributed by atoms with Crippen LogP contribution in [0.5, 0.6) is 0 Å². The fourth-order valence-corrected chi connectivity index (χ4v) is 5.78. The van der Waals surface area contributed by atoms with Crippen molar-refractivity contribution in [2.45, 2.75) is 31.2 Å². The molecule has 2 rings (SSSR count). The van der Waals surface area contributed by atoms with Crippen LogP contribution in [-0.2, 0) is 21.3 Å². The smallest absolute Gasteiger partial charge is 0.244 e. The van der Waals surface area contributed by atoms with Crippen LogP contribution < -0.4 is 5.73 Å². The van der Waals surface area contributed by atoms with Gasteiger partial charge in [0.2, 0.25) is 10.0 Å². The number of aryl methyl sites for hydroxylation is 1. The van der Waals surface area contributed by atoms with Gasteiger partial charge < -0.3 is 10.5 Å². The predicted octanol–water partition coefficient (Wildman–Crippen LogP) is 1.56. The number of hydrogen-bond donors (Lipinski definition) is 1. The first-order valence-electron chi connectivity index (χ1n) is 6.76. The largest absolute Gasteiger partial charge is 0.384 e. The molecule has 7 heteroatoms. The standard InChI is InChI=1S/C13H22N2O3S2/c1-10-9-19-12(7-14)13(10)20(16,17)15-5-3-11(4-6-15)8-18-2/h9,11H,3-8,14H2,1-2H3. The fraction of sp³-hybridized carbons (Fsp3) is 0.692. The van der Waals surface area contributed by atoms with E-state index in [1.807, 2.05) is 12.3 Å². The lowest BCUT2D eigenvalue weighted by Gasteiger charge is -2.31. The Kier molecular flexibility index (Phi) is 5.19. The zero-order valence-corrected chi connectivity index (χ0v) is 13.6. The number of nitrogens with zero attached hydrogens (tertiary/aromatic N) is 1. The molecule has 1 aliphatic heterocycles. The number of ether oxygens (including phenoxy) is 1. The topological polar surface area (TPSA) is 72.6 Å². The summed E-state index contributed by atoms with van der Waals surface area (Å²) in [5.41, 5.74) is 6.46. The molecule has 0 aliphatic carbocycles. The van der Waals surface area contributed by atoms with Gasteiger partial charge in [-0.25, -0.2) is 8.42 Å². The molecule has 1 aromatic rings. The highest BCUT2D eigenvalue weighted by molar-refractivity contribution is 7.89. The van der Waals surface area contributed by atoms with Crippen LogP contribution in [0, 0.1) is 12.8 Å². The van der Waals surface area contributed by atoms with E-state index in [2.05, 4.69) is 0 Å². The van der Waals surface area contributed by atoms with E-state index in [-0.39, 0.29) is 6.54 Å². The van der Waals surface area contributed by atoms with Crippen LogP contribution in [-0.4, -0.2) is 39.5 Å². The van der Waals surface area contributed by atoms with Gasteiger partial charge in [-0.2, -0.15) is 4.31 Å². The van der Waals surface area contributed by atoms with Gasteiger partial charge in [0.05, 0.1) is 0 Å². The van der Waals surface area contributed by atoms with Crippen molar-refractivity contribution in [1.82, 2.24) is 4.31 Å². The summed E-state index contributed by atoms with van der Waals surface area (Å²) in [6.07, 6.45) is 1.71. The van der Waals surface area contributed by atoms with E-state index in [0.717, 1.165) is 23.3 Å². The van der Waals surface area contributed by atoms with Gasteiger partial charge in [-0.05, 0) is 36.6 Å². The molecule has 114 valence electrons. The van der Waals surface area contributed by atoms with Gasteiger partial charge >= 0.3 is 0 Å². The monoisotopic (exact) mass is 318 g/mol. The van der Waals surface area contributed by atoms with Crippen LogP contribution in [0.25, 0.3) is 0 Å². The maximum atomic E-state index is 12.8. The quantitative estimate of drug-likeness (QED) is 0.894. The molecule has 5 nitrogen and oxygen atoms in total. The number of methoxy groups -OCH3 is 1. The Morgan fingerprint density at radius 1 is 1.45 bits per heavy atom. The van der Waals surface area contributed by atoms with Crippen LogP contribution >= 0.6 is 11.3 Å². The molecule has 2 N–H and O–H groups in total. The minimum Gasteiger partial charge on any atom is -0.384 e. The van der Waals surface area contributed by atoms with Crippen LogP contribution in [0.1, 0.15) is 23.3 Å². The first-order valence-corrected chi connectivity index (χ1v) is 9.08. The molecule has 1 aromatic heterocycles. The van der Waals surface area contributed by atoms with Crippen molar-refractivity contribution in [2.75, 3.05) is 26.8 Å². The molecule has 0 saturated carbocycles. The summed E-state index contributed by atoms with van der Waals surface area (Å²) >= 11 is 1.42. The van der Waals surface area contributed by atoms with Crippen LogP contribution in [0.15, 0.2) is 10.3 Å². The van der Waals surface area contributed by atoms with Crippen molar-refractivity contribution in [1.29, 1.82) is 0 Å². The highest BCUT2D eigenvalue weighted by Crippen LogP contribution is 2.31. The normalized spacial score (nSPS) is 18.6. The summed E-state index contributed by atoms with van der Waals surface area (Å²) in [5.74, 6) is 0.462. The highest BCUT2D eigenvalue weighted by Gasteiger charge is 2.32. The lowest BCUT2D eigenvalue weighted by Crippen LogP contribution is -2.39. The van der Waals surface area contributed by atoms with E-state index in [9.17, 15) is 8.42 Å². The number of rotatable bonds is 5. The minimum absolute atomic E-state index is 0.271. The molecule has 2 heterocycles. The summed E-state index contributed by atoms with van der Waals surface area (Å²) < 4.78 is 32.3. The average Bonchev–Trinajstić information content (AvgIpc) is 2.81. The van der Waals surface area contributed by atoms with Gasteiger partial charge in [-0.1, -0.05) is 0 Å². The van der Waals surface area contributed by atoms with Gasteiger partial charge in [-0.3, -0.25) is 0 Å². The summed E-state index contributed by atoms with van der Waals surface area (Å²) in [7, 11) is -1.72. The first kappa shape index (κ1) is 15.9. The lowest BCUT2D eigenvalue weighted by molar-refractivity contribution is 0.121. The van der Waals surface area contributed by atoms with Crippen molar-refractivity contribution >= 4 is 21.4 Å². The number of sulfonamides is 1. The molecule has 0 radical (unpaired) electrons. The van der Waals surface area contributed by atoms with E-state index < -0.39 is 10.0 Å². The Morgan fingerprint density at radius 2 is 2.10 bits per heavy atom. The van der Waals surface area contributed by atoms with Gasteiger partial charge in [0, 0.05) is 38.2 Å². The molecule has 0 bridgehead atoms. The Balaban J connectivity index is 2.18. The number of nitrogens with two attached hydrogens (primary N) is 1. The second kappa shape index (κ2) is 6.53. The number of thiophene rings is 1. The molecular formula is C13H22N2O3S2. The Hall–Kier alpha value is -0.470. The van der Waals surface area contributed by atoms with Gasteiger partial charge in [0.1, 0.15) is 4.90 Å². The summed E-state index contributed by atoms with van der Waals surface area (Å²) in [5, 5.41) is 1.87. The van der Waals surface area contributed by atoms with E-state index >= 15 is 0 Å². The molecule has 0 spiro atoms. The van der Waals surface area contributed by atoms with Crippen molar-refractivity contribution in [3.63, 3.8) is 0 Å². The Labute approximate surface area is 124 Å². The van der Waals surface area contributed by atoms with E-state index in [0.29, 0.717) is 30.5 Å². The fourth-order valence-electron chi connectivity index (χ4n) is 2.66. The third-order valence-electron chi connectivity index (χ3n) is 3.75. The summed E-state index contributed by atoms with van der Waals surface area (Å²) in [6.45, 7) is 3.94. The van der Waals surface area contributed by atoms with E-state index in [1.54, 1.807) is 11.4 Å². The number of piperidine rings is 1. The molecular weight excluding hydrogens is 296 g/mol. The third-order valence-corrected chi connectivity index (χ3v) is 7.13. The van der Waals surface area contributed by atoms with E-state index in [4.69, 9.17) is 10.5 Å². The zero-order valence-electron chi connectivity index (χ0n) is 12.0. The Bertz CT molecular complexity index is 546. The SMILES string of the molecule is COCC1CCN(S(=O)(=O)c2c(C)csc2CN)CC1. The summed E-state index contributed by atoms with van der Waals surface area (Å²) in [6, 6.07) is 0. The van der Waals surface area contributed by atoms with Crippen LogP contribution in [0.2, 0.25) is 0 Å². The number of hydrogen-bond acceptors (Lipinski definition) is 5. The maximum Gasteiger partial charge on any atom is 0.244 e. The van der Waals surface area contributed by atoms with Crippen molar-refractivity contribution in [3.05, 3.63) is 15.8 Å². The second-order valence-corrected chi connectivity index (χ2v) is 8.02. The van der Waals surface area contributed by atoms with E-state index in [1.165, 1.54) is 11.3 Å². The van der Waals surface area contributed by atoms with Crippen LogP contribution in [0.4, 0.5) is 0 Å². The van der Waals surface area contributed by atoms with Crippen molar-refractivity contribution < 1.29 is 13.2 Å². The van der Waals surface area contributed by atoms with Gasteiger partial charge in [-0.15, -0.1) is 11.3 Å². The van der Waals surface area contributed by atoms with Gasteiger partial charge in [0.25, 0.3) is 0 Å². The lowest BCUT2D eigenvalue weighted by atomic mass is 9.99. The second-order valence-electron chi connectivity index (χ2n) is 5.18. The van der Waals surface area contributed by atoms with Crippen LogP contribution in [0.3, 0.4) is 0 Å². The molecule has 20 heavy (non-hydrogen) atoms. The van der Waals surface area contributed by atoms with Gasteiger partial charge in [0.15, 0.2) is 0 Å². The first-order chi connectivity index (χ1) is 9.50.